The number of aromatic nitrogens is 1. The Morgan fingerprint density at radius 2 is 2.05 bits per heavy atom. The summed E-state index contributed by atoms with van der Waals surface area (Å²) in [6, 6.07) is 7.91. The van der Waals surface area contributed by atoms with E-state index in [0.717, 1.165) is 11.9 Å². The zero-order chi connectivity index (χ0) is 15.0. The van der Waals surface area contributed by atoms with Gasteiger partial charge < -0.3 is 9.47 Å². The van der Waals surface area contributed by atoms with E-state index in [4.69, 9.17) is 0 Å². The Hall–Kier alpha value is -1.35. The summed E-state index contributed by atoms with van der Waals surface area (Å²) in [4.78, 5) is 2.48. The maximum atomic E-state index is 13.5. The lowest BCUT2D eigenvalue weighted by atomic mass is 10.0. The molecule has 1 aliphatic rings. The van der Waals surface area contributed by atoms with E-state index in [9.17, 15) is 4.39 Å². The molecule has 1 saturated heterocycles. The number of halogens is 1. The maximum absolute atomic E-state index is 13.5. The normalized spacial score (nSPS) is 20.5. The fourth-order valence-corrected chi connectivity index (χ4v) is 3.53. The lowest BCUT2D eigenvalue weighted by Crippen LogP contribution is -2.39. The lowest BCUT2D eigenvalue weighted by Gasteiger charge is -2.33. The molecule has 0 radical (unpaired) electrons. The van der Waals surface area contributed by atoms with E-state index in [-0.39, 0.29) is 5.82 Å². The molecular formula is C18H25FN2. The first-order valence-electron chi connectivity index (χ1n) is 8.05. The van der Waals surface area contributed by atoms with Crippen LogP contribution >= 0.6 is 0 Å². The molecule has 1 fully saturated rings. The number of hydrogen-bond acceptors (Lipinski definition) is 1. The predicted octanol–water partition coefficient (Wildman–Crippen LogP) is 4.39. The predicted molar refractivity (Wildman–Crippen MR) is 86.3 cm³/mol. The highest BCUT2D eigenvalue weighted by Gasteiger charge is 2.22. The van der Waals surface area contributed by atoms with Gasteiger partial charge in [0.05, 0.1) is 0 Å². The van der Waals surface area contributed by atoms with E-state index in [1.807, 2.05) is 6.07 Å². The van der Waals surface area contributed by atoms with Crippen molar-refractivity contribution in [3.63, 3.8) is 0 Å². The molecule has 0 unspecified atom stereocenters. The van der Waals surface area contributed by atoms with Gasteiger partial charge in [-0.05, 0) is 56.6 Å². The molecule has 0 aliphatic carbocycles. The van der Waals surface area contributed by atoms with Crippen LogP contribution in [-0.4, -0.2) is 29.1 Å². The number of fused-ring (bicyclic) bond motifs is 1. The largest absolute Gasteiger partial charge is 0.343 e. The molecule has 3 rings (SSSR count). The number of piperidine rings is 1. The average molecular weight is 288 g/mol. The fourth-order valence-electron chi connectivity index (χ4n) is 3.53. The van der Waals surface area contributed by atoms with Gasteiger partial charge in [-0.15, -0.1) is 0 Å². The van der Waals surface area contributed by atoms with Crippen molar-refractivity contribution in [1.29, 1.82) is 0 Å². The SMILES string of the molecule is CC(C)c1cc2cc(F)ccc2n1C[C@H]1CCCCN1C. The van der Waals surface area contributed by atoms with Crippen molar-refractivity contribution in [2.24, 2.45) is 0 Å². The van der Waals surface area contributed by atoms with Gasteiger partial charge in [-0.25, -0.2) is 4.39 Å². The van der Waals surface area contributed by atoms with Crippen LogP contribution < -0.4 is 0 Å². The van der Waals surface area contributed by atoms with Crippen LogP contribution in [0.4, 0.5) is 4.39 Å². The van der Waals surface area contributed by atoms with Crippen molar-refractivity contribution in [3.8, 4) is 0 Å². The number of likely N-dealkylation sites (N-methyl/N-ethyl adjacent to an activating group) is 1. The van der Waals surface area contributed by atoms with Crippen LogP contribution in [0.5, 0.6) is 0 Å². The molecule has 114 valence electrons. The van der Waals surface area contributed by atoms with E-state index < -0.39 is 0 Å². The van der Waals surface area contributed by atoms with Gasteiger partial charge in [0.15, 0.2) is 0 Å². The second-order valence-electron chi connectivity index (χ2n) is 6.67. The van der Waals surface area contributed by atoms with E-state index in [1.165, 1.54) is 37.0 Å². The van der Waals surface area contributed by atoms with Crippen LogP contribution in [-0.2, 0) is 6.54 Å². The first kappa shape index (κ1) is 14.6. The molecule has 0 N–H and O–H groups in total. The van der Waals surface area contributed by atoms with Gasteiger partial charge in [-0.1, -0.05) is 20.3 Å². The first-order valence-corrected chi connectivity index (χ1v) is 8.05. The van der Waals surface area contributed by atoms with Crippen LogP contribution in [0.15, 0.2) is 24.3 Å². The third kappa shape index (κ3) is 2.84. The third-order valence-corrected chi connectivity index (χ3v) is 4.80. The van der Waals surface area contributed by atoms with Gasteiger partial charge in [0, 0.05) is 29.2 Å². The van der Waals surface area contributed by atoms with Crippen LogP contribution in [0.1, 0.15) is 44.7 Å². The summed E-state index contributed by atoms with van der Waals surface area (Å²) in [5, 5.41) is 1.03. The van der Waals surface area contributed by atoms with Gasteiger partial charge in [0.1, 0.15) is 5.82 Å². The topological polar surface area (TPSA) is 8.17 Å². The molecular weight excluding hydrogens is 263 g/mol. The standard InChI is InChI=1S/C18H25FN2/c1-13(2)18-11-14-10-15(19)7-8-17(14)21(18)12-16-6-4-5-9-20(16)3/h7-8,10-11,13,16H,4-6,9,12H2,1-3H3/t16-/m1/s1. The summed E-state index contributed by atoms with van der Waals surface area (Å²) >= 11 is 0. The summed E-state index contributed by atoms with van der Waals surface area (Å²) in [7, 11) is 2.23. The summed E-state index contributed by atoms with van der Waals surface area (Å²) in [6.07, 6.45) is 3.89. The smallest absolute Gasteiger partial charge is 0.123 e. The minimum atomic E-state index is -0.148. The summed E-state index contributed by atoms with van der Waals surface area (Å²) < 4.78 is 15.9. The van der Waals surface area contributed by atoms with E-state index in [1.54, 1.807) is 12.1 Å². The van der Waals surface area contributed by atoms with Crippen molar-refractivity contribution in [2.75, 3.05) is 13.6 Å². The van der Waals surface area contributed by atoms with Gasteiger partial charge in [0.25, 0.3) is 0 Å². The van der Waals surface area contributed by atoms with E-state index in [2.05, 4.69) is 36.4 Å². The quantitative estimate of drug-likeness (QED) is 0.813. The summed E-state index contributed by atoms with van der Waals surface area (Å²) in [5.74, 6) is 0.305. The molecule has 1 aromatic heterocycles. The van der Waals surface area contributed by atoms with Gasteiger partial charge >= 0.3 is 0 Å². The molecule has 2 nitrogen and oxygen atoms in total. The number of hydrogen-bond donors (Lipinski definition) is 0. The zero-order valence-electron chi connectivity index (χ0n) is 13.3. The Morgan fingerprint density at radius 3 is 2.76 bits per heavy atom. The van der Waals surface area contributed by atoms with Gasteiger partial charge in [0.2, 0.25) is 0 Å². The molecule has 1 aliphatic heterocycles. The van der Waals surface area contributed by atoms with Crippen LogP contribution in [0.3, 0.4) is 0 Å². The Balaban J connectivity index is 2.00. The second-order valence-corrected chi connectivity index (χ2v) is 6.67. The number of nitrogens with zero attached hydrogens (tertiary/aromatic N) is 2. The Bertz CT molecular complexity index is 629. The molecule has 0 saturated carbocycles. The van der Waals surface area contributed by atoms with Crippen LogP contribution in [0.25, 0.3) is 10.9 Å². The first-order chi connectivity index (χ1) is 10.1. The average Bonchev–Trinajstić information content (AvgIpc) is 2.79. The highest BCUT2D eigenvalue weighted by Crippen LogP contribution is 2.28. The summed E-state index contributed by atoms with van der Waals surface area (Å²) in [5.41, 5.74) is 2.48. The van der Waals surface area contributed by atoms with Crippen molar-refractivity contribution in [2.45, 2.75) is 51.6 Å². The second kappa shape index (κ2) is 5.80. The fraction of sp³-hybridized carbons (Fsp3) is 0.556. The Morgan fingerprint density at radius 1 is 1.24 bits per heavy atom. The minimum absolute atomic E-state index is 0.148. The molecule has 0 spiro atoms. The molecule has 2 heterocycles. The highest BCUT2D eigenvalue weighted by atomic mass is 19.1. The van der Waals surface area contributed by atoms with Gasteiger partial charge in [-0.2, -0.15) is 0 Å². The van der Waals surface area contributed by atoms with Crippen molar-refractivity contribution < 1.29 is 4.39 Å². The number of rotatable bonds is 3. The van der Waals surface area contributed by atoms with Crippen molar-refractivity contribution in [1.82, 2.24) is 9.47 Å². The van der Waals surface area contributed by atoms with Gasteiger partial charge in [-0.3, -0.25) is 0 Å². The van der Waals surface area contributed by atoms with E-state index in [0.29, 0.717) is 12.0 Å². The molecule has 3 heteroatoms. The Kier molecular flexibility index (Phi) is 4.03. The number of benzene rings is 1. The molecule has 1 atom stereocenters. The van der Waals surface area contributed by atoms with Crippen molar-refractivity contribution >= 4 is 10.9 Å². The third-order valence-electron chi connectivity index (χ3n) is 4.80. The summed E-state index contributed by atoms with van der Waals surface area (Å²) in [6.45, 7) is 6.63. The Labute approximate surface area is 126 Å². The highest BCUT2D eigenvalue weighted by molar-refractivity contribution is 5.81. The molecule has 21 heavy (non-hydrogen) atoms. The molecule has 1 aromatic carbocycles. The molecule has 2 aromatic rings. The molecule has 0 amide bonds. The van der Waals surface area contributed by atoms with E-state index >= 15 is 0 Å². The monoisotopic (exact) mass is 288 g/mol. The van der Waals surface area contributed by atoms with Crippen LogP contribution in [0.2, 0.25) is 0 Å². The zero-order valence-corrected chi connectivity index (χ0v) is 13.3. The van der Waals surface area contributed by atoms with Crippen LogP contribution in [0, 0.1) is 5.82 Å². The lowest BCUT2D eigenvalue weighted by molar-refractivity contribution is 0.167. The molecule has 0 bridgehead atoms. The number of likely N-dealkylation sites (tertiary alicyclic amines) is 1. The minimum Gasteiger partial charge on any atom is -0.343 e. The maximum Gasteiger partial charge on any atom is 0.123 e. The van der Waals surface area contributed by atoms with Crippen molar-refractivity contribution in [3.05, 3.63) is 35.8 Å².